The van der Waals surface area contributed by atoms with Gasteiger partial charge in [0.2, 0.25) is 0 Å². The second-order valence-corrected chi connectivity index (χ2v) is 4.49. The van der Waals surface area contributed by atoms with E-state index < -0.39 is 0 Å². The second kappa shape index (κ2) is 5.39. The topological polar surface area (TPSA) is 25.2 Å². The standard InChI is InChI=1S/C14H16ClNO/c1-10-12(6-3-7-13(10)15)14(16-2)9-11-5-4-8-17-11/h3-8,14,16H,9H2,1-2H3. The molecular formula is C14H16ClNO. The molecule has 0 bridgehead atoms. The Labute approximate surface area is 107 Å². The fourth-order valence-electron chi connectivity index (χ4n) is 2.00. The van der Waals surface area contributed by atoms with Gasteiger partial charge in [-0.2, -0.15) is 0 Å². The van der Waals surface area contributed by atoms with Crippen molar-refractivity contribution in [2.24, 2.45) is 0 Å². The van der Waals surface area contributed by atoms with Crippen LogP contribution >= 0.6 is 11.6 Å². The average molecular weight is 250 g/mol. The summed E-state index contributed by atoms with van der Waals surface area (Å²) < 4.78 is 5.38. The summed E-state index contributed by atoms with van der Waals surface area (Å²) in [5, 5.41) is 4.11. The molecule has 0 radical (unpaired) electrons. The molecule has 0 aliphatic carbocycles. The van der Waals surface area contributed by atoms with Crippen LogP contribution in [0.15, 0.2) is 41.0 Å². The third-order valence-electron chi connectivity index (χ3n) is 3.02. The first-order valence-electron chi connectivity index (χ1n) is 5.67. The van der Waals surface area contributed by atoms with Crippen molar-refractivity contribution in [3.8, 4) is 0 Å². The molecule has 2 aromatic rings. The highest BCUT2D eigenvalue weighted by Crippen LogP contribution is 2.26. The monoisotopic (exact) mass is 249 g/mol. The lowest BCUT2D eigenvalue weighted by Crippen LogP contribution is -2.19. The Morgan fingerprint density at radius 2 is 2.12 bits per heavy atom. The Hall–Kier alpha value is -1.25. The fraction of sp³-hybridized carbons (Fsp3) is 0.286. The highest BCUT2D eigenvalue weighted by Gasteiger charge is 2.14. The Bertz CT molecular complexity index is 479. The van der Waals surface area contributed by atoms with Crippen LogP contribution < -0.4 is 5.32 Å². The normalized spacial score (nSPS) is 12.6. The van der Waals surface area contributed by atoms with Gasteiger partial charge in [-0.15, -0.1) is 0 Å². The van der Waals surface area contributed by atoms with Crippen molar-refractivity contribution in [2.75, 3.05) is 7.05 Å². The van der Waals surface area contributed by atoms with E-state index in [1.54, 1.807) is 6.26 Å². The molecular weight excluding hydrogens is 234 g/mol. The second-order valence-electron chi connectivity index (χ2n) is 4.08. The molecule has 0 aliphatic rings. The summed E-state index contributed by atoms with van der Waals surface area (Å²) in [4.78, 5) is 0. The van der Waals surface area contributed by atoms with E-state index in [0.717, 1.165) is 22.8 Å². The number of rotatable bonds is 4. The summed E-state index contributed by atoms with van der Waals surface area (Å²) >= 11 is 6.15. The SMILES string of the molecule is CNC(Cc1ccco1)c1cccc(Cl)c1C. The van der Waals surface area contributed by atoms with E-state index in [9.17, 15) is 0 Å². The van der Waals surface area contributed by atoms with Crippen LogP contribution in [0.4, 0.5) is 0 Å². The lowest BCUT2D eigenvalue weighted by Gasteiger charge is -2.18. The molecule has 1 heterocycles. The zero-order valence-corrected chi connectivity index (χ0v) is 10.8. The maximum Gasteiger partial charge on any atom is 0.105 e. The van der Waals surface area contributed by atoms with Crippen LogP contribution in [0, 0.1) is 6.92 Å². The van der Waals surface area contributed by atoms with E-state index in [-0.39, 0.29) is 6.04 Å². The van der Waals surface area contributed by atoms with Crippen LogP contribution in [0.25, 0.3) is 0 Å². The van der Waals surface area contributed by atoms with Crippen LogP contribution in [0.2, 0.25) is 5.02 Å². The van der Waals surface area contributed by atoms with Crippen LogP contribution in [0.1, 0.15) is 22.9 Å². The van der Waals surface area contributed by atoms with Crippen molar-refractivity contribution in [3.05, 3.63) is 58.5 Å². The van der Waals surface area contributed by atoms with E-state index in [0.29, 0.717) is 0 Å². The third-order valence-corrected chi connectivity index (χ3v) is 3.43. The minimum atomic E-state index is 0.222. The summed E-state index contributed by atoms with van der Waals surface area (Å²) in [6.45, 7) is 2.05. The van der Waals surface area contributed by atoms with Crippen molar-refractivity contribution >= 4 is 11.6 Å². The number of halogens is 1. The van der Waals surface area contributed by atoms with Crippen molar-refractivity contribution < 1.29 is 4.42 Å². The molecule has 1 aromatic carbocycles. The number of furan rings is 1. The molecule has 1 atom stereocenters. The molecule has 17 heavy (non-hydrogen) atoms. The van der Waals surface area contributed by atoms with Crippen molar-refractivity contribution in [1.29, 1.82) is 0 Å². The molecule has 0 fully saturated rings. The summed E-state index contributed by atoms with van der Waals surface area (Å²) in [6.07, 6.45) is 2.53. The van der Waals surface area contributed by atoms with E-state index in [1.165, 1.54) is 5.56 Å². The van der Waals surface area contributed by atoms with Gasteiger partial charge in [-0.1, -0.05) is 23.7 Å². The van der Waals surface area contributed by atoms with E-state index in [2.05, 4.69) is 11.4 Å². The lowest BCUT2D eigenvalue weighted by molar-refractivity contribution is 0.465. The summed E-state index contributed by atoms with van der Waals surface area (Å²) in [5.41, 5.74) is 2.34. The molecule has 0 aliphatic heterocycles. The number of nitrogens with one attached hydrogen (secondary N) is 1. The quantitative estimate of drug-likeness (QED) is 0.893. The maximum absolute atomic E-state index is 6.15. The zero-order chi connectivity index (χ0) is 12.3. The van der Waals surface area contributed by atoms with Gasteiger partial charge in [0.15, 0.2) is 0 Å². The van der Waals surface area contributed by atoms with Crippen molar-refractivity contribution in [2.45, 2.75) is 19.4 Å². The Morgan fingerprint density at radius 3 is 2.76 bits per heavy atom. The number of benzene rings is 1. The zero-order valence-electron chi connectivity index (χ0n) is 10.0. The van der Waals surface area contributed by atoms with Gasteiger partial charge in [0, 0.05) is 17.5 Å². The van der Waals surface area contributed by atoms with Crippen LogP contribution in [0.5, 0.6) is 0 Å². The Balaban J connectivity index is 2.26. The van der Waals surface area contributed by atoms with Gasteiger partial charge in [-0.05, 0) is 43.3 Å². The predicted octanol–water partition coefficient (Wildman–Crippen LogP) is 3.74. The highest BCUT2D eigenvalue weighted by atomic mass is 35.5. The van der Waals surface area contributed by atoms with E-state index in [4.69, 9.17) is 16.0 Å². The number of likely N-dealkylation sites (N-methyl/N-ethyl adjacent to an activating group) is 1. The molecule has 0 saturated heterocycles. The first-order chi connectivity index (χ1) is 8.22. The van der Waals surface area contributed by atoms with Gasteiger partial charge in [0.05, 0.1) is 6.26 Å². The Kier molecular flexibility index (Phi) is 3.87. The minimum absolute atomic E-state index is 0.222. The van der Waals surface area contributed by atoms with Crippen LogP contribution in [0.3, 0.4) is 0 Å². The van der Waals surface area contributed by atoms with E-state index in [1.807, 2.05) is 38.2 Å². The molecule has 0 saturated carbocycles. The summed E-state index contributed by atoms with van der Waals surface area (Å²) in [6, 6.07) is 10.1. The molecule has 3 heteroatoms. The van der Waals surface area contributed by atoms with Gasteiger partial charge in [0.1, 0.15) is 5.76 Å². The number of hydrogen-bond donors (Lipinski definition) is 1. The molecule has 90 valence electrons. The summed E-state index contributed by atoms with van der Waals surface area (Å²) in [5.74, 6) is 0.976. The van der Waals surface area contributed by atoms with Crippen molar-refractivity contribution in [1.82, 2.24) is 5.32 Å². The molecule has 2 rings (SSSR count). The third kappa shape index (κ3) is 2.71. The minimum Gasteiger partial charge on any atom is -0.469 e. The van der Waals surface area contributed by atoms with Gasteiger partial charge in [0.25, 0.3) is 0 Å². The Morgan fingerprint density at radius 1 is 1.29 bits per heavy atom. The maximum atomic E-state index is 6.15. The smallest absolute Gasteiger partial charge is 0.105 e. The van der Waals surface area contributed by atoms with Crippen LogP contribution in [-0.2, 0) is 6.42 Å². The lowest BCUT2D eigenvalue weighted by atomic mass is 9.98. The number of hydrogen-bond acceptors (Lipinski definition) is 2. The highest BCUT2D eigenvalue weighted by molar-refractivity contribution is 6.31. The molecule has 2 nitrogen and oxygen atoms in total. The van der Waals surface area contributed by atoms with Crippen LogP contribution in [-0.4, -0.2) is 7.05 Å². The molecule has 1 aromatic heterocycles. The van der Waals surface area contributed by atoms with Gasteiger partial charge in [-0.3, -0.25) is 0 Å². The van der Waals surface area contributed by atoms with Crippen molar-refractivity contribution in [3.63, 3.8) is 0 Å². The van der Waals surface area contributed by atoms with E-state index >= 15 is 0 Å². The molecule has 1 unspecified atom stereocenters. The van der Waals surface area contributed by atoms with Gasteiger partial charge in [-0.25, -0.2) is 0 Å². The molecule has 0 spiro atoms. The van der Waals surface area contributed by atoms with Gasteiger partial charge < -0.3 is 9.73 Å². The molecule has 1 N–H and O–H groups in total. The molecule has 0 amide bonds. The fourth-order valence-corrected chi connectivity index (χ4v) is 2.18. The largest absolute Gasteiger partial charge is 0.469 e. The summed E-state index contributed by atoms with van der Waals surface area (Å²) in [7, 11) is 1.95. The average Bonchev–Trinajstić information content (AvgIpc) is 2.83. The first-order valence-corrected chi connectivity index (χ1v) is 6.05. The predicted molar refractivity (Wildman–Crippen MR) is 70.4 cm³/mol. The van der Waals surface area contributed by atoms with Gasteiger partial charge >= 0.3 is 0 Å². The first kappa shape index (κ1) is 12.2.